The number of nitrogens with zero attached hydrogens (tertiary/aromatic N) is 3. The Labute approximate surface area is 463 Å². The van der Waals surface area contributed by atoms with Gasteiger partial charge in [-0.25, -0.2) is 0 Å². The standard InChI is InChI=1S/C64H68Cl2N4O3S2/c1-3-58(68-73-2)61-55(47-35-36-56(65)57(66)43-47)44-54-45-59(71)62(61)70(54)39-22-38-69(40-42-75-64(51-29-16-7-17-30-51,52-31-18-8-19-32-52)53-33-20-9-21-34-53)46-60(72)67-37-41-74-63(48-23-10-4-11-24-48,49-25-12-5-13-26-49)50-27-14-6-15-28-50/h4-21,23-36,43,54-55,59,61-62,71H,3,22,37-42,44-46H2,1-2H3,(H,67,72)/b68-58+/t54?,55-,59+,61+,62?/m0/s1. The number of rotatable bonds is 24. The monoisotopic (exact) mass is 1070 g/mol. The summed E-state index contributed by atoms with van der Waals surface area (Å²) < 4.78 is -0.961. The van der Waals surface area contributed by atoms with Crippen molar-refractivity contribution in [2.24, 2.45) is 11.1 Å². The van der Waals surface area contributed by atoms with Gasteiger partial charge < -0.3 is 15.3 Å². The number of nitrogens with one attached hydrogen (secondary N) is 1. The summed E-state index contributed by atoms with van der Waals surface area (Å²) in [5.41, 5.74) is 9.26. The first-order chi connectivity index (χ1) is 36.8. The van der Waals surface area contributed by atoms with E-state index in [-0.39, 0.29) is 36.4 Å². The Morgan fingerprint density at radius 1 is 0.667 bits per heavy atom. The van der Waals surface area contributed by atoms with Crippen molar-refractivity contribution in [2.45, 2.75) is 66.2 Å². The molecule has 2 fully saturated rings. The third kappa shape index (κ3) is 12.3. The first-order valence-corrected chi connectivity index (χ1v) is 29.1. The fraction of sp³-hybridized carbons (Fsp3) is 0.312. The van der Waals surface area contributed by atoms with Gasteiger partial charge in [-0.3, -0.25) is 14.6 Å². The predicted octanol–water partition coefficient (Wildman–Crippen LogP) is 13.6. The highest BCUT2D eigenvalue weighted by atomic mass is 35.5. The molecule has 388 valence electrons. The number of fused-ring (bicyclic) bond motifs is 2. The van der Waals surface area contributed by atoms with Gasteiger partial charge in [-0.15, -0.1) is 23.5 Å². The van der Waals surface area contributed by atoms with Crippen molar-refractivity contribution < 1.29 is 14.7 Å². The summed E-state index contributed by atoms with van der Waals surface area (Å²) in [6, 6.07) is 70.5. The molecule has 2 unspecified atom stereocenters. The number of thioether (sulfide) groups is 2. The number of carbonyl (C=O) groups excluding carboxylic acids is 1. The molecule has 1 amide bonds. The van der Waals surface area contributed by atoms with Crippen LogP contribution in [-0.2, 0) is 19.1 Å². The van der Waals surface area contributed by atoms with Crippen molar-refractivity contribution in [3.63, 3.8) is 0 Å². The van der Waals surface area contributed by atoms with Gasteiger partial charge in [0.25, 0.3) is 0 Å². The van der Waals surface area contributed by atoms with Gasteiger partial charge in [-0.1, -0.05) is 223 Å². The second-order valence-corrected chi connectivity index (χ2v) is 23.0. The number of aliphatic hydroxyl groups excluding tert-OH is 1. The van der Waals surface area contributed by atoms with E-state index in [9.17, 15) is 9.90 Å². The molecule has 0 spiro atoms. The summed E-state index contributed by atoms with van der Waals surface area (Å²) in [5.74, 6) is 1.48. The molecule has 2 aliphatic heterocycles. The highest BCUT2D eigenvalue weighted by molar-refractivity contribution is 8.00. The van der Waals surface area contributed by atoms with Crippen molar-refractivity contribution in [1.82, 2.24) is 15.1 Å². The summed E-state index contributed by atoms with van der Waals surface area (Å²) in [4.78, 5) is 24.7. The Hall–Kier alpha value is -5.36. The Balaban J connectivity index is 0.956. The number of piperidine rings is 1. The van der Waals surface area contributed by atoms with Gasteiger partial charge in [0.05, 0.1) is 37.9 Å². The fourth-order valence-electron chi connectivity index (χ4n) is 12.0. The molecular weight excluding hydrogens is 1010 g/mol. The minimum Gasteiger partial charge on any atom is -0.399 e. The average molecular weight is 1080 g/mol. The topological polar surface area (TPSA) is 77.4 Å². The molecule has 7 aromatic carbocycles. The maximum absolute atomic E-state index is 14.4. The number of amides is 1. The highest BCUT2D eigenvalue weighted by Gasteiger charge is 2.53. The molecule has 5 atom stereocenters. The van der Waals surface area contributed by atoms with Crippen LogP contribution in [0.25, 0.3) is 0 Å². The van der Waals surface area contributed by atoms with Crippen LogP contribution in [0.1, 0.15) is 77.5 Å². The summed E-state index contributed by atoms with van der Waals surface area (Å²) in [6.45, 7) is 5.05. The first-order valence-electron chi connectivity index (χ1n) is 26.4. The van der Waals surface area contributed by atoms with Crippen molar-refractivity contribution >= 4 is 58.3 Å². The van der Waals surface area contributed by atoms with Gasteiger partial charge in [0.1, 0.15) is 7.11 Å². The molecule has 75 heavy (non-hydrogen) atoms. The van der Waals surface area contributed by atoms with E-state index in [1.54, 1.807) is 7.11 Å². The van der Waals surface area contributed by atoms with Gasteiger partial charge in [0, 0.05) is 49.1 Å². The molecular formula is C64H68Cl2N4O3S2. The molecule has 2 aliphatic rings. The molecule has 0 saturated carbocycles. The van der Waals surface area contributed by atoms with E-state index in [0.29, 0.717) is 48.3 Å². The average Bonchev–Trinajstić information content (AvgIpc) is 3.68. The maximum Gasteiger partial charge on any atom is 0.234 e. The summed E-state index contributed by atoms with van der Waals surface area (Å²) in [7, 11) is 1.59. The van der Waals surface area contributed by atoms with E-state index < -0.39 is 15.6 Å². The Kier molecular flexibility index (Phi) is 19.0. The molecule has 9 rings (SSSR count). The zero-order valence-electron chi connectivity index (χ0n) is 42.9. The minimum absolute atomic E-state index is 0.00661. The van der Waals surface area contributed by atoms with Crippen LogP contribution in [-0.4, -0.2) is 96.1 Å². The number of hydrogen-bond acceptors (Lipinski definition) is 8. The van der Waals surface area contributed by atoms with Gasteiger partial charge in [0.15, 0.2) is 0 Å². The van der Waals surface area contributed by atoms with Crippen LogP contribution < -0.4 is 5.32 Å². The van der Waals surface area contributed by atoms with Crippen LogP contribution in [0.15, 0.2) is 205 Å². The van der Waals surface area contributed by atoms with E-state index in [1.165, 1.54) is 33.4 Å². The van der Waals surface area contributed by atoms with E-state index in [2.05, 4.69) is 215 Å². The molecule has 2 bridgehead atoms. The minimum atomic E-state index is -0.524. The van der Waals surface area contributed by atoms with Crippen LogP contribution in [0, 0.1) is 5.92 Å². The van der Waals surface area contributed by atoms with Gasteiger partial charge in [-0.05, 0) is 89.2 Å². The van der Waals surface area contributed by atoms with Gasteiger partial charge in [0.2, 0.25) is 5.91 Å². The van der Waals surface area contributed by atoms with E-state index in [0.717, 1.165) is 36.4 Å². The fourth-order valence-corrected chi connectivity index (χ4v) is 15.3. The Morgan fingerprint density at radius 3 is 1.57 bits per heavy atom. The molecule has 7 nitrogen and oxygen atoms in total. The highest BCUT2D eigenvalue weighted by Crippen LogP contribution is 2.51. The molecule has 7 aromatic rings. The van der Waals surface area contributed by atoms with E-state index >= 15 is 0 Å². The smallest absolute Gasteiger partial charge is 0.234 e. The van der Waals surface area contributed by atoms with Gasteiger partial charge in [-0.2, -0.15) is 0 Å². The van der Waals surface area contributed by atoms with Crippen LogP contribution in [0.2, 0.25) is 10.0 Å². The number of benzene rings is 7. The lowest BCUT2D eigenvalue weighted by Crippen LogP contribution is -2.53. The number of carbonyl (C=O) groups is 1. The zero-order chi connectivity index (χ0) is 52.0. The molecule has 0 radical (unpaired) electrons. The second-order valence-electron chi connectivity index (χ2n) is 19.6. The van der Waals surface area contributed by atoms with Crippen LogP contribution in [0.3, 0.4) is 0 Å². The second kappa shape index (κ2) is 26.1. The van der Waals surface area contributed by atoms with Crippen molar-refractivity contribution in [1.29, 1.82) is 0 Å². The van der Waals surface area contributed by atoms with E-state index in [4.69, 9.17) is 28.0 Å². The van der Waals surface area contributed by atoms with Crippen LogP contribution >= 0.6 is 46.7 Å². The van der Waals surface area contributed by atoms with Crippen molar-refractivity contribution in [3.8, 4) is 0 Å². The first kappa shape index (κ1) is 54.4. The van der Waals surface area contributed by atoms with E-state index in [1.807, 2.05) is 35.7 Å². The lowest BCUT2D eigenvalue weighted by atomic mass is 9.72. The summed E-state index contributed by atoms with van der Waals surface area (Å²) in [5, 5.41) is 20.9. The quantitative estimate of drug-likeness (QED) is 0.0270. The number of aliphatic hydroxyl groups is 1. The molecule has 0 aliphatic carbocycles. The maximum atomic E-state index is 14.4. The van der Waals surface area contributed by atoms with Crippen LogP contribution in [0.4, 0.5) is 0 Å². The molecule has 2 heterocycles. The zero-order valence-corrected chi connectivity index (χ0v) is 46.0. The summed E-state index contributed by atoms with van der Waals surface area (Å²) in [6.07, 6.45) is 2.52. The third-order valence-corrected chi connectivity index (χ3v) is 19.0. The van der Waals surface area contributed by atoms with Crippen LogP contribution in [0.5, 0.6) is 0 Å². The SMILES string of the molecule is CC/C(=N\OC)[C@@H]1C2[C@H](O)CC(C[C@H]1c1ccc(Cl)c(Cl)c1)N2CCCN(CCSC(c1ccccc1)(c1ccccc1)c1ccccc1)CC(=O)NCCSC(c1ccccc1)(c1ccccc1)c1ccccc1. The van der Waals surface area contributed by atoms with Gasteiger partial charge >= 0.3 is 0 Å². The lowest BCUT2D eigenvalue weighted by molar-refractivity contribution is -0.122. The molecule has 11 heteroatoms. The predicted molar refractivity (Wildman–Crippen MR) is 314 cm³/mol. The third-order valence-electron chi connectivity index (χ3n) is 15.2. The molecule has 0 aromatic heterocycles. The largest absolute Gasteiger partial charge is 0.399 e. The number of halogens is 2. The molecule has 2 saturated heterocycles. The lowest BCUT2D eigenvalue weighted by Gasteiger charge is -2.46. The van der Waals surface area contributed by atoms with Crippen molar-refractivity contribution in [3.05, 3.63) is 249 Å². The van der Waals surface area contributed by atoms with Crippen molar-refractivity contribution in [2.75, 3.05) is 51.3 Å². The normalized spacial score (nSPS) is 19.0. The number of oxime groups is 1. The Bertz CT molecular complexity index is 2710. The number of hydrogen-bond donors (Lipinski definition) is 2. The Morgan fingerprint density at radius 2 is 1.13 bits per heavy atom. The summed E-state index contributed by atoms with van der Waals surface area (Å²) >= 11 is 16.8. The molecule has 2 N–H and O–H groups in total.